The topological polar surface area (TPSA) is 108 Å². The zero-order valence-electron chi connectivity index (χ0n) is 23.8. The van der Waals surface area contributed by atoms with E-state index in [4.69, 9.17) is 25.8 Å². The lowest BCUT2D eigenvalue weighted by Crippen LogP contribution is -2.29. The van der Waals surface area contributed by atoms with Gasteiger partial charge in [-0.25, -0.2) is 4.68 Å². The molecule has 1 atom stereocenters. The third-order valence-corrected chi connectivity index (χ3v) is 6.82. The van der Waals surface area contributed by atoms with E-state index in [0.717, 1.165) is 33.5 Å². The van der Waals surface area contributed by atoms with Crippen molar-refractivity contribution in [1.29, 1.82) is 0 Å². The van der Waals surface area contributed by atoms with Crippen LogP contribution in [0, 0.1) is 0 Å². The molecule has 2 aromatic heterocycles. The normalized spacial score (nSPS) is 12.2. The molecular formula is C30H32ClN7O3. The number of methoxy groups -OCH3 is 3. The number of rotatable bonds is 9. The van der Waals surface area contributed by atoms with Crippen molar-refractivity contribution in [1.82, 2.24) is 25.2 Å². The van der Waals surface area contributed by atoms with Crippen molar-refractivity contribution < 1.29 is 14.2 Å². The van der Waals surface area contributed by atoms with Crippen LogP contribution >= 0.6 is 11.6 Å². The fourth-order valence-corrected chi connectivity index (χ4v) is 4.79. The van der Waals surface area contributed by atoms with Crippen LogP contribution in [0.1, 0.15) is 38.2 Å². The number of halogens is 1. The highest BCUT2D eigenvalue weighted by Gasteiger charge is 2.29. The Hall–Kier alpha value is -4.57. The molecule has 0 saturated carbocycles. The molecule has 0 aliphatic carbocycles. The monoisotopic (exact) mass is 573 g/mol. The minimum Gasteiger partial charge on any atom is -0.493 e. The Morgan fingerprint density at radius 3 is 2.17 bits per heavy atom. The fraction of sp³-hybridized carbons (Fsp3) is 0.267. The molecule has 1 unspecified atom stereocenters. The second kappa shape index (κ2) is 11.5. The summed E-state index contributed by atoms with van der Waals surface area (Å²) in [6, 6.07) is 19.0. The first-order valence-electron chi connectivity index (χ1n) is 13.0. The molecule has 10 nitrogen and oxygen atoms in total. The number of ether oxygens (including phenoxy) is 3. The van der Waals surface area contributed by atoms with Crippen LogP contribution in [0.15, 0.2) is 66.9 Å². The maximum atomic E-state index is 6.15. The van der Waals surface area contributed by atoms with Crippen LogP contribution in [0.4, 0.5) is 17.1 Å². The van der Waals surface area contributed by atoms with E-state index >= 15 is 0 Å². The molecule has 2 heterocycles. The minimum atomic E-state index is -0.439. The minimum absolute atomic E-state index is 0.356. The van der Waals surface area contributed by atoms with Gasteiger partial charge in [0.15, 0.2) is 17.3 Å². The second-order valence-electron chi connectivity index (χ2n) is 10.4. The fourth-order valence-electron chi connectivity index (χ4n) is 4.62. The van der Waals surface area contributed by atoms with E-state index in [9.17, 15) is 0 Å². The molecule has 5 aromatic rings. The summed E-state index contributed by atoms with van der Waals surface area (Å²) in [6.45, 7) is 6.16. The summed E-state index contributed by atoms with van der Waals surface area (Å²) < 4.78 is 18.6. The molecular weight excluding hydrogens is 542 g/mol. The van der Waals surface area contributed by atoms with Crippen molar-refractivity contribution in [2.24, 2.45) is 0 Å². The molecule has 0 bridgehead atoms. The number of pyridine rings is 1. The lowest BCUT2D eigenvalue weighted by molar-refractivity contribution is 0.322. The van der Waals surface area contributed by atoms with Gasteiger partial charge >= 0.3 is 0 Å². The molecule has 0 aliphatic heterocycles. The summed E-state index contributed by atoms with van der Waals surface area (Å²) in [6.07, 6.45) is 1.76. The van der Waals surface area contributed by atoms with E-state index in [0.29, 0.717) is 28.1 Å². The zero-order valence-corrected chi connectivity index (χ0v) is 24.5. The first kappa shape index (κ1) is 28.0. The Bertz CT molecular complexity index is 1640. The molecule has 41 heavy (non-hydrogen) atoms. The van der Waals surface area contributed by atoms with Crippen LogP contribution < -0.4 is 24.8 Å². The van der Waals surface area contributed by atoms with E-state index < -0.39 is 6.04 Å². The van der Waals surface area contributed by atoms with E-state index in [1.807, 2.05) is 65.3 Å². The lowest BCUT2D eigenvalue weighted by Gasteiger charge is -2.26. The van der Waals surface area contributed by atoms with Gasteiger partial charge in [-0.3, -0.25) is 4.98 Å². The number of hydrogen-bond acceptors (Lipinski definition) is 9. The Labute approximate surface area is 243 Å². The van der Waals surface area contributed by atoms with Crippen LogP contribution in [0.5, 0.6) is 17.2 Å². The molecule has 11 heteroatoms. The smallest absolute Gasteiger partial charge is 0.203 e. The summed E-state index contributed by atoms with van der Waals surface area (Å²) in [5.74, 6) is 2.22. The van der Waals surface area contributed by atoms with Crippen molar-refractivity contribution >= 4 is 39.6 Å². The molecule has 0 aliphatic rings. The van der Waals surface area contributed by atoms with E-state index in [-0.39, 0.29) is 5.54 Å². The quantitative estimate of drug-likeness (QED) is 0.201. The van der Waals surface area contributed by atoms with Gasteiger partial charge in [0.2, 0.25) is 5.75 Å². The number of nitrogens with one attached hydrogen (secondary N) is 2. The van der Waals surface area contributed by atoms with E-state index in [2.05, 4.69) is 51.9 Å². The van der Waals surface area contributed by atoms with Crippen LogP contribution in [0.25, 0.3) is 10.9 Å². The van der Waals surface area contributed by atoms with Crippen LogP contribution in [0.2, 0.25) is 5.02 Å². The van der Waals surface area contributed by atoms with Crippen molar-refractivity contribution in [3.8, 4) is 17.2 Å². The lowest BCUT2D eigenvalue weighted by atomic mass is 10.0. The number of tetrazole rings is 1. The van der Waals surface area contributed by atoms with Crippen molar-refractivity contribution in [2.75, 3.05) is 32.0 Å². The van der Waals surface area contributed by atoms with Gasteiger partial charge in [-0.1, -0.05) is 11.6 Å². The number of benzene rings is 3. The summed E-state index contributed by atoms with van der Waals surface area (Å²) in [7, 11) is 4.76. The molecule has 0 fully saturated rings. The standard InChI is InChI=1S/C30H32ClN7O3/c1-30(2,3)38-29(35-36-37-38)27(18-15-25(39-4)28(41-6)26(16-18)40-5)34-21-10-8-20(9-11-21)33-23-13-14-32-24-17-19(31)7-12-22(23)24/h7-17,27,34H,1-6H3,(H,32,33). The number of hydrogen-bond donors (Lipinski definition) is 2. The average molecular weight is 574 g/mol. The Morgan fingerprint density at radius 1 is 0.854 bits per heavy atom. The van der Waals surface area contributed by atoms with Gasteiger partial charge in [0.05, 0.1) is 32.4 Å². The molecule has 5 rings (SSSR count). The van der Waals surface area contributed by atoms with Gasteiger partial charge in [-0.05, 0) is 97.4 Å². The molecule has 0 saturated heterocycles. The third kappa shape index (κ3) is 5.83. The van der Waals surface area contributed by atoms with Crippen LogP contribution in [-0.4, -0.2) is 46.5 Å². The van der Waals surface area contributed by atoms with E-state index in [1.54, 1.807) is 27.5 Å². The molecule has 0 amide bonds. The molecule has 2 N–H and O–H groups in total. The van der Waals surface area contributed by atoms with Gasteiger partial charge in [0.1, 0.15) is 6.04 Å². The highest BCUT2D eigenvalue weighted by molar-refractivity contribution is 6.31. The largest absolute Gasteiger partial charge is 0.493 e. The number of anilines is 3. The predicted octanol–water partition coefficient (Wildman–Crippen LogP) is 6.60. The van der Waals surface area contributed by atoms with Crippen molar-refractivity contribution in [2.45, 2.75) is 32.4 Å². The summed E-state index contributed by atoms with van der Waals surface area (Å²) >= 11 is 6.15. The maximum absolute atomic E-state index is 6.15. The summed E-state index contributed by atoms with van der Waals surface area (Å²) in [4.78, 5) is 4.43. The summed E-state index contributed by atoms with van der Waals surface area (Å²) in [5, 5.41) is 21.4. The molecule has 212 valence electrons. The highest BCUT2D eigenvalue weighted by atomic mass is 35.5. The summed E-state index contributed by atoms with van der Waals surface area (Å²) in [5.41, 5.74) is 4.03. The number of nitrogens with zero attached hydrogens (tertiary/aromatic N) is 5. The third-order valence-electron chi connectivity index (χ3n) is 6.59. The van der Waals surface area contributed by atoms with Gasteiger partial charge in [0, 0.05) is 33.7 Å². The molecule has 0 spiro atoms. The van der Waals surface area contributed by atoms with Crippen molar-refractivity contribution in [3.63, 3.8) is 0 Å². The zero-order chi connectivity index (χ0) is 29.1. The van der Waals surface area contributed by atoms with Gasteiger partial charge in [-0.2, -0.15) is 0 Å². The van der Waals surface area contributed by atoms with Gasteiger partial charge in [-0.15, -0.1) is 5.10 Å². The van der Waals surface area contributed by atoms with E-state index in [1.165, 1.54) is 0 Å². The SMILES string of the molecule is COc1cc(C(Nc2ccc(Nc3ccnc4cc(Cl)ccc34)cc2)c2nnnn2C(C)(C)C)cc(OC)c1OC. The first-order chi connectivity index (χ1) is 19.7. The number of fused-ring (bicyclic) bond motifs is 1. The first-order valence-corrected chi connectivity index (χ1v) is 13.4. The average Bonchev–Trinajstić information content (AvgIpc) is 3.46. The predicted molar refractivity (Wildman–Crippen MR) is 161 cm³/mol. The maximum Gasteiger partial charge on any atom is 0.203 e. The Kier molecular flexibility index (Phi) is 7.85. The Morgan fingerprint density at radius 2 is 1.54 bits per heavy atom. The van der Waals surface area contributed by atoms with Crippen LogP contribution in [0.3, 0.4) is 0 Å². The highest BCUT2D eigenvalue weighted by Crippen LogP contribution is 2.41. The molecule has 0 radical (unpaired) electrons. The van der Waals surface area contributed by atoms with Crippen LogP contribution in [-0.2, 0) is 5.54 Å². The van der Waals surface area contributed by atoms with Crippen molar-refractivity contribution in [3.05, 3.63) is 83.3 Å². The molecule has 3 aromatic carbocycles. The van der Waals surface area contributed by atoms with Gasteiger partial charge in [0.25, 0.3) is 0 Å². The van der Waals surface area contributed by atoms with Gasteiger partial charge < -0.3 is 24.8 Å². The Balaban J connectivity index is 1.50. The second-order valence-corrected chi connectivity index (χ2v) is 10.8. The number of aromatic nitrogens is 5.